The van der Waals surface area contributed by atoms with Gasteiger partial charge in [0, 0.05) is 30.7 Å². The van der Waals surface area contributed by atoms with E-state index in [1.54, 1.807) is 48.8 Å². The molecular formula is C24H21FN6O. The second kappa shape index (κ2) is 9.22. The molecule has 0 unspecified atom stereocenters. The number of rotatable bonds is 7. The number of nitrogens with two attached hydrogens (primary N) is 2. The Hall–Kier alpha value is -4.33. The molecular weight excluding hydrogens is 407 g/mol. The van der Waals surface area contributed by atoms with Crippen molar-refractivity contribution >= 4 is 23.2 Å². The Kier molecular flexibility index (Phi) is 6.03. The summed E-state index contributed by atoms with van der Waals surface area (Å²) in [7, 11) is 0. The molecule has 7 nitrogen and oxygen atoms in total. The van der Waals surface area contributed by atoms with E-state index in [2.05, 4.69) is 9.97 Å². The van der Waals surface area contributed by atoms with Gasteiger partial charge in [0.2, 0.25) is 5.91 Å². The van der Waals surface area contributed by atoms with Crippen molar-refractivity contribution in [1.29, 1.82) is 0 Å². The highest BCUT2D eigenvalue weighted by molar-refractivity contribution is 5.92. The highest BCUT2D eigenvalue weighted by Crippen LogP contribution is 2.31. The second-order valence-electron chi connectivity index (χ2n) is 7.15. The third-order valence-corrected chi connectivity index (χ3v) is 4.96. The smallest absolute Gasteiger partial charge is 0.250 e. The van der Waals surface area contributed by atoms with E-state index in [9.17, 15) is 9.18 Å². The maximum Gasteiger partial charge on any atom is 0.250 e. The van der Waals surface area contributed by atoms with Gasteiger partial charge in [-0.3, -0.25) is 9.78 Å². The fraction of sp³-hybridized carbons (Fsp3) is 0.0833. The zero-order chi connectivity index (χ0) is 22.5. The van der Waals surface area contributed by atoms with Crippen LogP contribution in [0.25, 0.3) is 11.3 Å². The molecule has 0 spiro atoms. The van der Waals surface area contributed by atoms with Gasteiger partial charge in [-0.1, -0.05) is 6.07 Å². The molecule has 32 heavy (non-hydrogen) atoms. The maximum absolute atomic E-state index is 13.4. The van der Waals surface area contributed by atoms with E-state index in [4.69, 9.17) is 16.5 Å². The molecule has 3 aromatic heterocycles. The number of pyridine rings is 3. The zero-order valence-electron chi connectivity index (χ0n) is 17.1. The molecule has 0 radical (unpaired) electrons. The van der Waals surface area contributed by atoms with Gasteiger partial charge in [0.05, 0.1) is 16.9 Å². The monoisotopic (exact) mass is 428 g/mol. The molecule has 0 fully saturated rings. The van der Waals surface area contributed by atoms with Crippen molar-refractivity contribution in [3.63, 3.8) is 0 Å². The first-order valence-corrected chi connectivity index (χ1v) is 9.96. The third-order valence-electron chi connectivity index (χ3n) is 4.96. The van der Waals surface area contributed by atoms with E-state index < -0.39 is 5.91 Å². The number of nitrogen functional groups attached to an aromatic ring is 1. The molecule has 0 aliphatic carbocycles. The van der Waals surface area contributed by atoms with Crippen molar-refractivity contribution < 1.29 is 9.18 Å². The number of hydrogen-bond acceptors (Lipinski definition) is 6. The van der Waals surface area contributed by atoms with E-state index in [1.165, 1.54) is 18.3 Å². The van der Waals surface area contributed by atoms with Gasteiger partial charge in [-0.2, -0.15) is 0 Å². The van der Waals surface area contributed by atoms with Gasteiger partial charge >= 0.3 is 0 Å². The molecule has 0 bridgehead atoms. The number of nitrogens with zero attached hydrogens (tertiary/aromatic N) is 4. The first-order chi connectivity index (χ1) is 15.5. The van der Waals surface area contributed by atoms with Gasteiger partial charge in [0.15, 0.2) is 5.82 Å². The molecule has 0 saturated heterocycles. The zero-order valence-corrected chi connectivity index (χ0v) is 17.1. The Bertz CT molecular complexity index is 1210. The first-order valence-electron chi connectivity index (χ1n) is 9.96. The normalized spacial score (nSPS) is 10.7. The summed E-state index contributed by atoms with van der Waals surface area (Å²) in [6.07, 6.45) is 5.61. The number of carbonyl (C=O) groups excluding carboxylic acids is 1. The Morgan fingerprint density at radius 2 is 1.81 bits per heavy atom. The fourth-order valence-electron chi connectivity index (χ4n) is 3.26. The Balaban J connectivity index is 1.73. The molecule has 1 amide bonds. The Morgan fingerprint density at radius 3 is 2.47 bits per heavy atom. The highest BCUT2D eigenvalue weighted by atomic mass is 19.1. The summed E-state index contributed by atoms with van der Waals surface area (Å²) in [5, 5.41) is 0. The van der Waals surface area contributed by atoms with Crippen LogP contribution in [0, 0.1) is 5.82 Å². The van der Waals surface area contributed by atoms with Gasteiger partial charge in [0.1, 0.15) is 11.6 Å². The van der Waals surface area contributed by atoms with Crippen molar-refractivity contribution in [2.75, 3.05) is 17.2 Å². The first kappa shape index (κ1) is 20.9. The molecule has 0 saturated carbocycles. The van der Waals surface area contributed by atoms with Crippen LogP contribution >= 0.6 is 0 Å². The lowest BCUT2D eigenvalue weighted by atomic mass is 10.1. The average molecular weight is 428 g/mol. The summed E-state index contributed by atoms with van der Waals surface area (Å²) in [4.78, 5) is 26.6. The summed E-state index contributed by atoms with van der Waals surface area (Å²) in [5.74, 6) is 0.201. The van der Waals surface area contributed by atoms with Crippen LogP contribution in [-0.2, 0) is 6.42 Å². The van der Waals surface area contributed by atoms with Gasteiger partial charge in [-0.05, 0) is 66.6 Å². The summed E-state index contributed by atoms with van der Waals surface area (Å²) in [6.45, 7) is 0.513. The van der Waals surface area contributed by atoms with Crippen LogP contribution in [0.4, 0.5) is 21.7 Å². The van der Waals surface area contributed by atoms with Crippen molar-refractivity contribution in [1.82, 2.24) is 15.0 Å². The van der Waals surface area contributed by atoms with Crippen LogP contribution in [0.2, 0.25) is 0 Å². The van der Waals surface area contributed by atoms with Crippen LogP contribution in [0.15, 0.2) is 79.3 Å². The van der Waals surface area contributed by atoms with E-state index in [-0.39, 0.29) is 5.82 Å². The molecule has 8 heteroatoms. The highest BCUT2D eigenvalue weighted by Gasteiger charge is 2.17. The molecule has 4 N–H and O–H groups in total. The minimum Gasteiger partial charge on any atom is -0.396 e. The Labute approximate surface area is 184 Å². The number of carbonyl (C=O) groups is 1. The lowest BCUT2D eigenvalue weighted by molar-refractivity contribution is 0.1000. The lowest BCUT2D eigenvalue weighted by Gasteiger charge is -2.25. The molecule has 4 aromatic rings. The molecule has 0 atom stereocenters. The average Bonchev–Trinajstić information content (AvgIpc) is 2.82. The fourth-order valence-corrected chi connectivity index (χ4v) is 3.26. The third kappa shape index (κ3) is 4.70. The summed E-state index contributed by atoms with van der Waals surface area (Å²) < 4.78 is 13.4. The largest absolute Gasteiger partial charge is 0.396 e. The number of amides is 1. The number of hydrogen-bond donors (Lipinski definition) is 2. The van der Waals surface area contributed by atoms with Crippen LogP contribution in [0.5, 0.6) is 0 Å². The molecule has 0 aliphatic rings. The number of anilines is 3. The van der Waals surface area contributed by atoms with Gasteiger partial charge in [-0.25, -0.2) is 14.4 Å². The SMILES string of the molecule is NC(=O)c1ccc(N(CCc2cccnc2)c2nc(-c3ccc(F)cc3)ccc2N)nc1. The van der Waals surface area contributed by atoms with E-state index in [0.29, 0.717) is 41.5 Å². The number of primary amides is 1. The predicted octanol–water partition coefficient (Wildman–Crippen LogP) is 3.74. The number of halogens is 1. The summed E-state index contributed by atoms with van der Waals surface area (Å²) >= 11 is 0. The standard InChI is InChI=1S/C24H21FN6O/c25-19-6-3-17(4-7-19)21-9-8-20(26)24(30-21)31(13-11-16-2-1-12-28-14-16)22-10-5-18(15-29-22)23(27)32/h1-10,12,14-15H,11,13,26H2,(H2,27,32). The quantitative estimate of drug-likeness (QED) is 0.464. The van der Waals surface area contributed by atoms with Crippen LogP contribution < -0.4 is 16.4 Å². The molecule has 0 aliphatic heterocycles. The van der Waals surface area contributed by atoms with E-state index in [0.717, 1.165) is 11.1 Å². The molecule has 160 valence electrons. The minimum absolute atomic E-state index is 0.307. The molecule has 1 aromatic carbocycles. The molecule has 3 heterocycles. The molecule has 4 rings (SSSR count). The lowest BCUT2D eigenvalue weighted by Crippen LogP contribution is -2.24. The van der Waals surface area contributed by atoms with E-state index in [1.807, 2.05) is 17.0 Å². The predicted molar refractivity (Wildman–Crippen MR) is 122 cm³/mol. The second-order valence-corrected chi connectivity index (χ2v) is 7.15. The van der Waals surface area contributed by atoms with Crippen LogP contribution in [-0.4, -0.2) is 27.4 Å². The van der Waals surface area contributed by atoms with Gasteiger partial charge in [0.25, 0.3) is 0 Å². The van der Waals surface area contributed by atoms with Gasteiger partial charge in [-0.15, -0.1) is 0 Å². The van der Waals surface area contributed by atoms with Crippen LogP contribution in [0.1, 0.15) is 15.9 Å². The maximum atomic E-state index is 13.4. The summed E-state index contributed by atoms with van der Waals surface area (Å²) in [5.41, 5.74) is 14.9. The minimum atomic E-state index is -0.554. The van der Waals surface area contributed by atoms with Gasteiger partial charge < -0.3 is 16.4 Å². The van der Waals surface area contributed by atoms with Crippen molar-refractivity contribution in [3.05, 3.63) is 96.2 Å². The van der Waals surface area contributed by atoms with Crippen molar-refractivity contribution in [3.8, 4) is 11.3 Å². The van der Waals surface area contributed by atoms with Crippen LogP contribution in [0.3, 0.4) is 0 Å². The van der Waals surface area contributed by atoms with Crippen molar-refractivity contribution in [2.45, 2.75) is 6.42 Å². The topological polar surface area (TPSA) is 111 Å². The number of aromatic nitrogens is 3. The van der Waals surface area contributed by atoms with E-state index >= 15 is 0 Å². The number of benzene rings is 1. The summed E-state index contributed by atoms with van der Waals surface area (Å²) in [6, 6.07) is 16.8. The van der Waals surface area contributed by atoms with Crippen molar-refractivity contribution in [2.24, 2.45) is 5.73 Å². The Morgan fingerprint density at radius 1 is 1.00 bits per heavy atom.